The van der Waals surface area contributed by atoms with E-state index in [-0.39, 0.29) is 18.0 Å². The second-order valence-electron chi connectivity index (χ2n) is 7.01. The highest BCUT2D eigenvalue weighted by Gasteiger charge is 2.29. The molecule has 0 spiro atoms. The van der Waals surface area contributed by atoms with Crippen LogP contribution < -0.4 is 10.0 Å². The minimum Gasteiger partial charge on any atom is -0.324 e. The van der Waals surface area contributed by atoms with Crippen LogP contribution in [0.4, 0.5) is 5.69 Å². The number of hydrogen-bond donors (Lipinski definition) is 2. The van der Waals surface area contributed by atoms with E-state index in [0.29, 0.717) is 30.1 Å². The van der Waals surface area contributed by atoms with Crippen LogP contribution in [0.15, 0.2) is 44.4 Å². The van der Waals surface area contributed by atoms with E-state index < -0.39 is 10.0 Å². The maximum atomic E-state index is 12.6. The summed E-state index contributed by atoms with van der Waals surface area (Å²) in [6, 6.07) is 8.75. The number of sulfonamides is 1. The molecule has 0 aliphatic carbocycles. The molecule has 152 valence electrons. The Morgan fingerprint density at radius 2 is 2.00 bits per heavy atom. The minimum absolute atomic E-state index is 0.0674. The van der Waals surface area contributed by atoms with E-state index in [0.717, 1.165) is 15.7 Å². The lowest BCUT2D eigenvalue weighted by Gasteiger charge is -2.35. The zero-order chi connectivity index (χ0) is 20.3. The molecule has 0 radical (unpaired) electrons. The molecule has 1 saturated heterocycles. The number of halogens is 1. The topological polar surface area (TPSA) is 78.5 Å². The Bertz CT molecular complexity index is 924. The molecule has 1 fully saturated rings. The Labute approximate surface area is 178 Å². The Kier molecular flexibility index (Phi) is 6.93. The predicted molar refractivity (Wildman–Crippen MR) is 116 cm³/mol. The molecule has 1 aromatic carbocycles. The highest BCUT2D eigenvalue weighted by Crippen LogP contribution is 2.24. The third kappa shape index (κ3) is 5.21. The first-order valence-corrected chi connectivity index (χ1v) is 12.3. The fourth-order valence-electron chi connectivity index (χ4n) is 3.22. The number of hydrogen-bond acceptors (Lipinski definition) is 5. The zero-order valence-electron chi connectivity index (χ0n) is 15.8. The van der Waals surface area contributed by atoms with Crippen molar-refractivity contribution in [2.45, 2.75) is 43.0 Å². The van der Waals surface area contributed by atoms with Crippen molar-refractivity contribution in [2.24, 2.45) is 0 Å². The maximum absolute atomic E-state index is 12.6. The number of rotatable bonds is 6. The molecule has 28 heavy (non-hydrogen) atoms. The molecule has 2 aromatic rings. The number of thiophene rings is 1. The van der Waals surface area contributed by atoms with Gasteiger partial charge in [0, 0.05) is 23.6 Å². The summed E-state index contributed by atoms with van der Waals surface area (Å²) in [6.07, 6.45) is 1.35. The number of piperidine rings is 1. The molecule has 1 aliphatic rings. The second-order valence-corrected chi connectivity index (χ2v) is 10.8. The summed E-state index contributed by atoms with van der Waals surface area (Å²) < 4.78 is 28.7. The molecule has 1 aliphatic heterocycles. The lowest BCUT2D eigenvalue weighted by atomic mass is 10.0. The quantitative estimate of drug-likeness (QED) is 0.654. The van der Waals surface area contributed by atoms with Crippen LogP contribution in [0.1, 0.15) is 25.3 Å². The zero-order valence-corrected chi connectivity index (χ0v) is 19.0. The van der Waals surface area contributed by atoms with Crippen molar-refractivity contribution >= 4 is 48.9 Å². The number of carbonyl (C=O) groups is 1. The molecule has 2 N–H and O–H groups in total. The van der Waals surface area contributed by atoms with Crippen LogP contribution in [0.3, 0.4) is 0 Å². The van der Waals surface area contributed by atoms with Gasteiger partial charge in [0.15, 0.2) is 0 Å². The van der Waals surface area contributed by atoms with Crippen LogP contribution >= 0.6 is 27.3 Å². The van der Waals surface area contributed by atoms with Crippen molar-refractivity contribution in [1.29, 1.82) is 0 Å². The van der Waals surface area contributed by atoms with Crippen molar-refractivity contribution in [3.8, 4) is 0 Å². The summed E-state index contributed by atoms with van der Waals surface area (Å²) in [5.41, 5.74) is 1.87. The number of amides is 1. The van der Waals surface area contributed by atoms with Crippen LogP contribution in [-0.2, 0) is 14.8 Å². The van der Waals surface area contributed by atoms with E-state index in [9.17, 15) is 13.2 Å². The fraction of sp³-hybridized carbons (Fsp3) is 0.421. The summed E-state index contributed by atoms with van der Waals surface area (Å²) in [5.74, 6) is -0.0674. The Morgan fingerprint density at radius 1 is 1.29 bits per heavy atom. The molecule has 2 heterocycles. The first kappa shape index (κ1) is 21.4. The molecule has 0 unspecified atom stereocenters. The molecule has 1 atom stereocenters. The SMILES string of the molecule is Cc1ccc(NC(=O)[C@H](C)N2CCC(NS(=O)(=O)c3cccs3)CC2)c(Br)c1. The molecule has 1 amide bonds. The molecule has 6 nitrogen and oxygen atoms in total. The van der Waals surface area contributed by atoms with Gasteiger partial charge in [0.1, 0.15) is 4.21 Å². The molecular formula is C19H24BrN3O3S2. The number of carbonyl (C=O) groups excluding carboxylic acids is 1. The first-order valence-electron chi connectivity index (χ1n) is 9.13. The largest absolute Gasteiger partial charge is 0.324 e. The van der Waals surface area contributed by atoms with Gasteiger partial charge in [-0.1, -0.05) is 12.1 Å². The normalized spacial score (nSPS) is 17.4. The third-order valence-electron chi connectivity index (χ3n) is 4.92. The summed E-state index contributed by atoms with van der Waals surface area (Å²) in [4.78, 5) is 14.7. The molecule has 0 bridgehead atoms. The van der Waals surface area contributed by atoms with Crippen LogP contribution in [0.25, 0.3) is 0 Å². The molecule has 3 rings (SSSR count). The van der Waals surface area contributed by atoms with Gasteiger partial charge in [-0.05, 0) is 71.8 Å². The fourth-order valence-corrected chi connectivity index (χ4v) is 6.13. The van der Waals surface area contributed by atoms with Gasteiger partial charge in [0.2, 0.25) is 15.9 Å². The van der Waals surface area contributed by atoms with Crippen LogP contribution in [0.5, 0.6) is 0 Å². The number of aryl methyl sites for hydroxylation is 1. The Balaban J connectivity index is 1.53. The van der Waals surface area contributed by atoms with E-state index in [1.165, 1.54) is 11.3 Å². The van der Waals surface area contributed by atoms with Crippen molar-refractivity contribution in [2.75, 3.05) is 18.4 Å². The second kappa shape index (κ2) is 9.04. The highest BCUT2D eigenvalue weighted by molar-refractivity contribution is 9.10. The van der Waals surface area contributed by atoms with Gasteiger partial charge in [-0.25, -0.2) is 13.1 Å². The van der Waals surface area contributed by atoms with E-state index in [4.69, 9.17) is 0 Å². The van der Waals surface area contributed by atoms with E-state index >= 15 is 0 Å². The van der Waals surface area contributed by atoms with Crippen molar-refractivity contribution in [1.82, 2.24) is 9.62 Å². The molecular weight excluding hydrogens is 462 g/mol. The van der Waals surface area contributed by atoms with Crippen molar-refractivity contribution in [3.05, 3.63) is 45.7 Å². The van der Waals surface area contributed by atoms with E-state index in [2.05, 4.69) is 30.9 Å². The van der Waals surface area contributed by atoms with Gasteiger partial charge in [-0.3, -0.25) is 9.69 Å². The van der Waals surface area contributed by atoms with Crippen molar-refractivity contribution < 1.29 is 13.2 Å². The monoisotopic (exact) mass is 485 g/mol. The smallest absolute Gasteiger partial charge is 0.250 e. The van der Waals surface area contributed by atoms with Gasteiger partial charge in [-0.2, -0.15) is 0 Å². The lowest BCUT2D eigenvalue weighted by Crippen LogP contribution is -2.50. The first-order chi connectivity index (χ1) is 13.3. The number of anilines is 1. The number of likely N-dealkylation sites (tertiary alicyclic amines) is 1. The summed E-state index contributed by atoms with van der Waals surface area (Å²) in [7, 11) is -3.45. The van der Waals surface area contributed by atoms with Crippen LogP contribution in [0.2, 0.25) is 0 Å². The Morgan fingerprint density at radius 3 is 2.61 bits per heavy atom. The van der Waals surface area contributed by atoms with E-state index in [1.54, 1.807) is 17.5 Å². The van der Waals surface area contributed by atoms with Gasteiger partial charge in [0.25, 0.3) is 0 Å². The number of nitrogens with zero attached hydrogens (tertiary/aromatic N) is 1. The summed E-state index contributed by atoms with van der Waals surface area (Å²) in [5, 5.41) is 4.72. The molecule has 1 aromatic heterocycles. The van der Waals surface area contributed by atoms with Crippen LogP contribution in [-0.4, -0.2) is 44.4 Å². The van der Waals surface area contributed by atoms with Crippen molar-refractivity contribution in [3.63, 3.8) is 0 Å². The number of nitrogens with one attached hydrogen (secondary N) is 2. The lowest BCUT2D eigenvalue weighted by molar-refractivity contribution is -0.121. The Hall–Kier alpha value is -1.26. The minimum atomic E-state index is -3.45. The van der Waals surface area contributed by atoms with Gasteiger partial charge < -0.3 is 5.32 Å². The summed E-state index contributed by atoms with van der Waals surface area (Å²) in [6.45, 7) is 5.21. The van der Waals surface area contributed by atoms with Gasteiger partial charge in [-0.15, -0.1) is 11.3 Å². The van der Waals surface area contributed by atoms with Crippen LogP contribution in [0, 0.1) is 6.92 Å². The number of benzene rings is 1. The summed E-state index contributed by atoms with van der Waals surface area (Å²) >= 11 is 4.69. The molecule has 9 heteroatoms. The van der Waals surface area contributed by atoms with Gasteiger partial charge >= 0.3 is 0 Å². The van der Waals surface area contributed by atoms with Gasteiger partial charge in [0.05, 0.1) is 11.7 Å². The maximum Gasteiger partial charge on any atom is 0.250 e. The highest BCUT2D eigenvalue weighted by atomic mass is 79.9. The third-order valence-corrected chi connectivity index (χ3v) is 8.49. The standard InChI is InChI=1S/C19H24BrN3O3S2/c1-13-5-6-17(16(20)12-13)21-19(24)14(2)23-9-7-15(8-10-23)22-28(25,26)18-4-3-11-27-18/h3-6,11-12,14-15,22H,7-10H2,1-2H3,(H,21,24)/t14-/m0/s1. The van der Waals surface area contributed by atoms with E-state index in [1.807, 2.05) is 32.0 Å². The molecule has 0 saturated carbocycles. The average molecular weight is 486 g/mol. The predicted octanol–water partition coefficient (Wildman–Crippen LogP) is 3.59. The average Bonchev–Trinajstić information content (AvgIpc) is 3.19.